The van der Waals surface area contributed by atoms with Crippen LogP contribution in [0.5, 0.6) is 0 Å². The first-order valence-corrected chi connectivity index (χ1v) is 5.94. The molecule has 13 heavy (non-hydrogen) atoms. The second kappa shape index (κ2) is 5.02. The molecule has 0 aromatic rings. The highest BCUT2D eigenvalue weighted by Crippen LogP contribution is 2.37. The van der Waals surface area contributed by atoms with Gasteiger partial charge in [0.2, 0.25) is 0 Å². The van der Waals surface area contributed by atoms with Crippen LogP contribution in [0.3, 0.4) is 0 Å². The molecule has 0 N–H and O–H groups in total. The first-order chi connectivity index (χ1) is 6.09. The highest BCUT2D eigenvalue weighted by atomic mass is 14.3. The third-order valence-corrected chi connectivity index (χ3v) is 3.44. The van der Waals surface area contributed by atoms with E-state index < -0.39 is 0 Å². The Morgan fingerprint density at radius 1 is 1.15 bits per heavy atom. The zero-order valence-corrected chi connectivity index (χ0v) is 9.77. The van der Waals surface area contributed by atoms with Gasteiger partial charge in [-0.2, -0.15) is 0 Å². The minimum atomic E-state index is 0.863. The van der Waals surface area contributed by atoms with E-state index in [-0.39, 0.29) is 0 Å². The lowest BCUT2D eigenvalue weighted by atomic mass is 9.75. The molecule has 1 radical (unpaired) electrons. The molecule has 77 valence electrons. The van der Waals surface area contributed by atoms with Gasteiger partial charge < -0.3 is 0 Å². The van der Waals surface area contributed by atoms with Crippen molar-refractivity contribution in [2.24, 2.45) is 17.8 Å². The molecule has 0 aromatic heterocycles. The van der Waals surface area contributed by atoms with Crippen molar-refractivity contribution in [2.75, 3.05) is 0 Å². The predicted octanol–water partition coefficient (Wildman–Crippen LogP) is 4.45. The van der Waals surface area contributed by atoms with Crippen LogP contribution in [0, 0.1) is 23.7 Å². The molecule has 0 heteroatoms. The van der Waals surface area contributed by atoms with Crippen molar-refractivity contribution in [2.45, 2.75) is 59.8 Å². The van der Waals surface area contributed by atoms with E-state index in [0.29, 0.717) is 0 Å². The van der Waals surface area contributed by atoms with Gasteiger partial charge in [-0.3, -0.25) is 0 Å². The normalized spacial score (nSPS) is 23.8. The van der Waals surface area contributed by atoms with E-state index >= 15 is 0 Å². The van der Waals surface area contributed by atoms with Crippen LogP contribution in [-0.2, 0) is 0 Å². The molecule has 0 amide bonds. The Kier molecular flexibility index (Phi) is 4.28. The monoisotopic (exact) mass is 181 g/mol. The van der Waals surface area contributed by atoms with Crippen LogP contribution in [0.4, 0.5) is 0 Å². The SMILES string of the molecule is CC(C)CC(C)[C]1CCC(C)CC1. The first kappa shape index (κ1) is 11.1. The molecule has 0 nitrogen and oxygen atoms in total. The van der Waals surface area contributed by atoms with Crippen LogP contribution >= 0.6 is 0 Å². The average molecular weight is 181 g/mol. The maximum Gasteiger partial charge on any atom is -0.0212 e. The molecule has 0 spiro atoms. The molecule has 1 unspecified atom stereocenters. The van der Waals surface area contributed by atoms with Gasteiger partial charge in [0.05, 0.1) is 0 Å². The smallest absolute Gasteiger partial charge is 0.0212 e. The second-order valence-corrected chi connectivity index (χ2v) is 5.37. The molecule has 1 aliphatic carbocycles. The fraction of sp³-hybridized carbons (Fsp3) is 0.923. The Balaban J connectivity index is 2.27. The Hall–Kier alpha value is 0. The lowest BCUT2D eigenvalue weighted by Crippen LogP contribution is -2.18. The third kappa shape index (κ3) is 3.70. The molecule has 1 atom stereocenters. The van der Waals surface area contributed by atoms with Crippen molar-refractivity contribution in [1.29, 1.82) is 0 Å². The lowest BCUT2D eigenvalue weighted by Gasteiger charge is -2.31. The lowest BCUT2D eigenvalue weighted by molar-refractivity contribution is 0.333. The number of rotatable bonds is 3. The average Bonchev–Trinajstić information content (AvgIpc) is 2.04. The van der Waals surface area contributed by atoms with Gasteiger partial charge in [-0.1, -0.05) is 40.5 Å². The van der Waals surface area contributed by atoms with Crippen LogP contribution in [0.2, 0.25) is 0 Å². The van der Waals surface area contributed by atoms with E-state index in [4.69, 9.17) is 0 Å². The molecule has 1 rings (SSSR count). The maximum atomic E-state index is 2.42. The zero-order chi connectivity index (χ0) is 9.84. The molecule has 0 heterocycles. The fourth-order valence-corrected chi connectivity index (χ4v) is 2.50. The van der Waals surface area contributed by atoms with Crippen molar-refractivity contribution in [1.82, 2.24) is 0 Å². The summed E-state index contributed by atoms with van der Waals surface area (Å²) in [6, 6.07) is 0. The minimum Gasteiger partial charge on any atom is -0.0628 e. The van der Waals surface area contributed by atoms with E-state index in [0.717, 1.165) is 17.8 Å². The largest absolute Gasteiger partial charge is 0.0628 e. The third-order valence-electron chi connectivity index (χ3n) is 3.44. The van der Waals surface area contributed by atoms with Crippen LogP contribution in [0.15, 0.2) is 0 Å². The maximum absolute atomic E-state index is 2.42. The summed E-state index contributed by atoms with van der Waals surface area (Å²) < 4.78 is 0. The van der Waals surface area contributed by atoms with Crippen LogP contribution in [-0.4, -0.2) is 0 Å². The van der Waals surface area contributed by atoms with E-state index in [1.165, 1.54) is 32.1 Å². The van der Waals surface area contributed by atoms with Crippen molar-refractivity contribution >= 4 is 0 Å². The Morgan fingerprint density at radius 2 is 1.69 bits per heavy atom. The van der Waals surface area contributed by atoms with Crippen LogP contribution < -0.4 is 0 Å². The standard InChI is InChI=1S/C13H25/c1-10(2)9-12(4)13-7-5-11(3)6-8-13/h10-12H,5-9H2,1-4H3. The summed E-state index contributed by atoms with van der Waals surface area (Å²) >= 11 is 0. The van der Waals surface area contributed by atoms with Crippen molar-refractivity contribution in [3.63, 3.8) is 0 Å². The summed E-state index contributed by atoms with van der Waals surface area (Å²) in [6.45, 7) is 9.49. The predicted molar refractivity (Wildman–Crippen MR) is 59.5 cm³/mol. The summed E-state index contributed by atoms with van der Waals surface area (Å²) in [6.07, 6.45) is 7.10. The fourth-order valence-electron chi connectivity index (χ4n) is 2.50. The van der Waals surface area contributed by atoms with Crippen LogP contribution in [0.1, 0.15) is 59.8 Å². The second-order valence-electron chi connectivity index (χ2n) is 5.37. The summed E-state index contributed by atoms with van der Waals surface area (Å²) in [5.74, 6) is 4.58. The Bertz CT molecular complexity index is 129. The first-order valence-electron chi connectivity index (χ1n) is 5.94. The van der Waals surface area contributed by atoms with Gasteiger partial charge >= 0.3 is 0 Å². The van der Waals surface area contributed by atoms with Crippen molar-refractivity contribution in [3.8, 4) is 0 Å². The molecule has 1 saturated carbocycles. The topological polar surface area (TPSA) is 0 Å². The number of hydrogen-bond acceptors (Lipinski definition) is 0. The molecule has 0 aliphatic heterocycles. The summed E-state index contributed by atoms with van der Waals surface area (Å²) in [4.78, 5) is 0. The van der Waals surface area contributed by atoms with Crippen LogP contribution in [0.25, 0.3) is 0 Å². The summed E-state index contributed by atoms with van der Waals surface area (Å²) in [5, 5.41) is 0. The quantitative estimate of drug-likeness (QED) is 0.603. The van der Waals surface area contributed by atoms with Gasteiger partial charge in [0.1, 0.15) is 0 Å². The highest BCUT2D eigenvalue weighted by Gasteiger charge is 2.23. The van der Waals surface area contributed by atoms with E-state index in [9.17, 15) is 0 Å². The Morgan fingerprint density at radius 3 is 2.15 bits per heavy atom. The van der Waals surface area contributed by atoms with Gasteiger partial charge in [-0.05, 0) is 42.9 Å². The molecule has 1 aliphatic rings. The van der Waals surface area contributed by atoms with Gasteiger partial charge in [-0.25, -0.2) is 0 Å². The van der Waals surface area contributed by atoms with E-state index in [1.807, 2.05) is 5.92 Å². The van der Waals surface area contributed by atoms with Gasteiger partial charge in [0.25, 0.3) is 0 Å². The molecule has 0 bridgehead atoms. The summed E-state index contributed by atoms with van der Waals surface area (Å²) in [5.41, 5.74) is 0. The number of hydrogen-bond donors (Lipinski definition) is 0. The molecular formula is C13H25. The Labute approximate surface area is 84.1 Å². The molecular weight excluding hydrogens is 156 g/mol. The van der Waals surface area contributed by atoms with Crippen molar-refractivity contribution < 1.29 is 0 Å². The minimum absolute atomic E-state index is 0.863. The molecule has 0 aromatic carbocycles. The molecule has 0 saturated heterocycles. The van der Waals surface area contributed by atoms with E-state index in [1.54, 1.807) is 0 Å². The van der Waals surface area contributed by atoms with E-state index in [2.05, 4.69) is 27.7 Å². The molecule has 1 fully saturated rings. The highest BCUT2D eigenvalue weighted by molar-refractivity contribution is 4.98. The van der Waals surface area contributed by atoms with Gasteiger partial charge in [-0.15, -0.1) is 0 Å². The van der Waals surface area contributed by atoms with Crippen molar-refractivity contribution in [3.05, 3.63) is 5.92 Å². The van der Waals surface area contributed by atoms with Gasteiger partial charge in [0.15, 0.2) is 0 Å². The zero-order valence-electron chi connectivity index (χ0n) is 9.77. The summed E-state index contributed by atoms with van der Waals surface area (Å²) in [7, 11) is 0. The van der Waals surface area contributed by atoms with Gasteiger partial charge in [0, 0.05) is 0 Å².